The molecular weight excluding hydrogens is 362 g/mol. The number of hydrogen-bond acceptors (Lipinski definition) is 4. The van der Waals surface area contributed by atoms with Crippen molar-refractivity contribution < 1.29 is 13.2 Å². The number of hydrazone groups is 1. The van der Waals surface area contributed by atoms with E-state index < -0.39 is 15.9 Å². The first kappa shape index (κ1) is 21.6. The molecule has 1 N–H and O–H groups in total. The number of nitrogens with one attached hydrogen (secondary N) is 1. The average Bonchev–Trinajstić information content (AvgIpc) is 2.59. The minimum absolute atomic E-state index is 0.124. The molecule has 0 bridgehead atoms. The van der Waals surface area contributed by atoms with Gasteiger partial charge in [0.1, 0.15) is 0 Å². The van der Waals surface area contributed by atoms with Crippen LogP contribution >= 0.6 is 0 Å². The van der Waals surface area contributed by atoms with E-state index in [9.17, 15) is 13.2 Å². The van der Waals surface area contributed by atoms with Gasteiger partial charge in [-0.3, -0.25) is 4.79 Å². The number of benzene rings is 1. The number of rotatable bonds is 6. The maximum Gasteiger partial charge on any atom is 0.271 e. The number of nitrogens with zero attached hydrogens (tertiary/aromatic N) is 2. The molecule has 0 aliphatic heterocycles. The second kappa shape index (κ2) is 8.52. The molecule has 27 heavy (non-hydrogen) atoms. The quantitative estimate of drug-likeness (QED) is 0.749. The first-order valence-electron chi connectivity index (χ1n) is 9.55. The van der Waals surface area contributed by atoms with Gasteiger partial charge in [-0.1, -0.05) is 40.7 Å². The molecule has 0 heterocycles. The fraction of sp³-hybridized carbons (Fsp3) is 0.600. The van der Waals surface area contributed by atoms with Crippen LogP contribution in [0.3, 0.4) is 0 Å². The van der Waals surface area contributed by atoms with Crippen molar-refractivity contribution in [3.63, 3.8) is 0 Å². The molecule has 7 heteroatoms. The first-order chi connectivity index (χ1) is 12.6. The molecule has 6 nitrogen and oxygen atoms in total. The SMILES string of the molecule is CCN(CC)S(=O)(=O)c1cccc(C(=O)N/N=C2\CC(C)CC(C)(C)C2)c1. The van der Waals surface area contributed by atoms with Gasteiger partial charge < -0.3 is 0 Å². The fourth-order valence-electron chi connectivity index (χ4n) is 3.90. The second-order valence-electron chi connectivity index (χ2n) is 8.09. The van der Waals surface area contributed by atoms with Gasteiger partial charge in [0.2, 0.25) is 10.0 Å². The van der Waals surface area contributed by atoms with Crippen LogP contribution in [0, 0.1) is 11.3 Å². The molecule has 1 aliphatic carbocycles. The Hall–Kier alpha value is -1.73. The van der Waals surface area contributed by atoms with Gasteiger partial charge in [-0.25, -0.2) is 13.8 Å². The van der Waals surface area contributed by atoms with Crippen LogP contribution in [-0.4, -0.2) is 37.4 Å². The van der Waals surface area contributed by atoms with Crippen LogP contribution in [0.1, 0.15) is 64.2 Å². The third-order valence-electron chi connectivity index (χ3n) is 4.92. The van der Waals surface area contributed by atoms with Gasteiger partial charge in [-0.2, -0.15) is 9.41 Å². The van der Waals surface area contributed by atoms with E-state index in [1.54, 1.807) is 26.0 Å². The number of hydrogen-bond donors (Lipinski definition) is 1. The van der Waals surface area contributed by atoms with Crippen LogP contribution in [0.2, 0.25) is 0 Å². The summed E-state index contributed by atoms with van der Waals surface area (Å²) in [4.78, 5) is 12.6. The summed E-state index contributed by atoms with van der Waals surface area (Å²) in [7, 11) is -3.60. The van der Waals surface area contributed by atoms with Gasteiger partial charge in [0, 0.05) is 24.4 Å². The van der Waals surface area contributed by atoms with Gasteiger partial charge in [0.15, 0.2) is 0 Å². The normalized spacial score (nSPS) is 21.4. The summed E-state index contributed by atoms with van der Waals surface area (Å²) in [5, 5.41) is 4.32. The van der Waals surface area contributed by atoms with Crippen molar-refractivity contribution in [1.29, 1.82) is 0 Å². The van der Waals surface area contributed by atoms with Crippen molar-refractivity contribution in [3.8, 4) is 0 Å². The van der Waals surface area contributed by atoms with Crippen LogP contribution in [0.25, 0.3) is 0 Å². The number of carbonyl (C=O) groups is 1. The van der Waals surface area contributed by atoms with Crippen LogP contribution in [-0.2, 0) is 10.0 Å². The van der Waals surface area contributed by atoms with E-state index in [-0.39, 0.29) is 15.9 Å². The minimum Gasteiger partial charge on any atom is -0.267 e. The van der Waals surface area contributed by atoms with E-state index >= 15 is 0 Å². The van der Waals surface area contributed by atoms with E-state index in [0.29, 0.717) is 19.0 Å². The molecular formula is C20H31N3O3S. The van der Waals surface area contributed by atoms with E-state index in [4.69, 9.17) is 0 Å². The van der Waals surface area contributed by atoms with Crippen LogP contribution in [0.5, 0.6) is 0 Å². The maximum absolute atomic E-state index is 12.6. The van der Waals surface area contributed by atoms with Crippen molar-refractivity contribution in [1.82, 2.24) is 9.73 Å². The number of amides is 1. The highest BCUT2D eigenvalue weighted by molar-refractivity contribution is 7.89. The molecule has 0 spiro atoms. The van der Waals surface area contributed by atoms with Crippen molar-refractivity contribution in [2.45, 2.75) is 58.8 Å². The van der Waals surface area contributed by atoms with Gasteiger partial charge in [0.25, 0.3) is 5.91 Å². The molecule has 1 aliphatic rings. The largest absolute Gasteiger partial charge is 0.271 e. The standard InChI is InChI=1S/C20H31N3O3S/c1-6-23(7-2)27(25,26)18-10-8-9-16(12-18)19(24)22-21-17-11-15(3)13-20(4,5)14-17/h8-10,12,15H,6-7,11,13-14H2,1-5H3,(H,22,24)/b21-17+. The molecule has 1 fully saturated rings. The maximum atomic E-state index is 12.6. The Balaban J connectivity index is 2.17. The van der Waals surface area contributed by atoms with E-state index in [1.807, 2.05) is 0 Å². The van der Waals surface area contributed by atoms with Gasteiger partial charge in [-0.15, -0.1) is 0 Å². The molecule has 0 saturated heterocycles. The summed E-state index contributed by atoms with van der Waals surface area (Å²) in [6.07, 6.45) is 2.87. The minimum atomic E-state index is -3.60. The summed E-state index contributed by atoms with van der Waals surface area (Å²) in [5.74, 6) is 0.141. The van der Waals surface area contributed by atoms with Crippen LogP contribution in [0.15, 0.2) is 34.3 Å². The van der Waals surface area contributed by atoms with Gasteiger partial charge in [0.05, 0.1) is 4.90 Å². The summed E-state index contributed by atoms with van der Waals surface area (Å²) in [5.41, 5.74) is 4.06. The highest BCUT2D eigenvalue weighted by atomic mass is 32.2. The van der Waals surface area contributed by atoms with E-state index in [2.05, 4.69) is 31.3 Å². The van der Waals surface area contributed by atoms with Crippen molar-refractivity contribution in [3.05, 3.63) is 29.8 Å². The monoisotopic (exact) mass is 393 g/mol. The van der Waals surface area contributed by atoms with E-state index in [1.165, 1.54) is 16.4 Å². The summed E-state index contributed by atoms with van der Waals surface area (Å²) < 4.78 is 26.7. The molecule has 1 saturated carbocycles. The highest BCUT2D eigenvalue weighted by Gasteiger charge is 2.29. The highest BCUT2D eigenvalue weighted by Crippen LogP contribution is 2.36. The molecule has 0 aromatic heterocycles. The molecule has 2 rings (SSSR count). The molecule has 150 valence electrons. The third kappa shape index (κ3) is 5.39. The predicted molar refractivity (Wildman–Crippen MR) is 108 cm³/mol. The molecule has 1 aromatic rings. The van der Waals surface area contributed by atoms with E-state index in [0.717, 1.165) is 25.0 Å². The number of sulfonamides is 1. The van der Waals surface area contributed by atoms with Crippen molar-refractivity contribution in [2.24, 2.45) is 16.4 Å². The lowest BCUT2D eigenvalue weighted by Crippen LogP contribution is -2.31. The topological polar surface area (TPSA) is 78.8 Å². The lowest BCUT2D eigenvalue weighted by atomic mass is 9.72. The Labute approximate surface area is 163 Å². The second-order valence-corrected chi connectivity index (χ2v) is 10.0. The Kier molecular flexibility index (Phi) is 6.81. The van der Waals surface area contributed by atoms with Gasteiger partial charge in [-0.05, 0) is 48.8 Å². The zero-order valence-corrected chi connectivity index (χ0v) is 17.8. The fourth-order valence-corrected chi connectivity index (χ4v) is 5.41. The molecule has 1 aromatic carbocycles. The summed E-state index contributed by atoms with van der Waals surface area (Å²) in [6.45, 7) is 11.0. The Bertz CT molecular complexity index is 812. The zero-order chi connectivity index (χ0) is 20.2. The zero-order valence-electron chi connectivity index (χ0n) is 16.9. The van der Waals surface area contributed by atoms with Crippen LogP contribution < -0.4 is 5.43 Å². The average molecular weight is 394 g/mol. The van der Waals surface area contributed by atoms with Crippen molar-refractivity contribution >= 4 is 21.6 Å². The Morgan fingerprint density at radius 2 is 1.96 bits per heavy atom. The molecule has 0 radical (unpaired) electrons. The van der Waals surface area contributed by atoms with Crippen LogP contribution in [0.4, 0.5) is 0 Å². The van der Waals surface area contributed by atoms with Crippen molar-refractivity contribution in [2.75, 3.05) is 13.1 Å². The third-order valence-corrected chi connectivity index (χ3v) is 6.97. The molecule has 1 amide bonds. The first-order valence-corrected chi connectivity index (χ1v) is 11.0. The Morgan fingerprint density at radius 1 is 1.30 bits per heavy atom. The predicted octanol–water partition coefficient (Wildman–Crippen LogP) is 3.65. The lowest BCUT2D eigenvalue weighted by Gasteiger charge is -2.34. The molecule has 1 atom stereocenters. The summed E-state index contributed by atoms with van der Waals surface area (Å²) >= 11 is 0. The molecule has 1 unspecified atom stereocenters. The summed E-state index contributed by atoms with van der Waals surface area (Å²) in [6, 6.07) is 6.12. The Morgan fingerprint density at radius 3 is 2.56 bits per heavy atom. The number of carbonyl (C=O) groups excluding carboxylic acids is 1. The van der Waals surface area contributed by atoms with Gasteiger partial charge >= 0.3 is 0 Å². The lowest BCUT2D eigenvalue weighted by molar-refractivity contribution is 0.0953. The smallest absolute Gasteiger partial charge is 0.267 e.